The van der Waals surface area contributed by atoms with Gasteiger partial charge < -0.3 is 159 Å². The van der Waals surface area contributed by atoms with Crippen molar-refractivity contribution in [3.8, 4) is 0 Å². The van der Waals surface area contributed by atoms with Crippen molar-refractivity contribution in [3.05, 3.63) is 12.2 Å². The number of ether oxygens (including phenoxy) is 12. The average Bonchev–Trinajstić information content (AvgIpc) is 1.67. The van der Waals surface area contributed by atoms with Gasteiger partial charge in [-0.3, -0.25) is 4.79 Å². The molecule has 33 heteroatoms. The van der Waals surface area contributed by atoms with Crippen molar-refractivity contribution in [3.63, 3.8) is 0 Å². The Morgan fingerprint density at radius 2 is 0.809 bits per heavy atom. The largest absolute Gasteiger partial charge is 0.432 e. The van der Waals surface area contributed by atoms with Gasteiger partial charge in [-0.2, -0.15) is 0 Å². The van der Waals surface area contributed by atoms with Crippen LogP contribution in [-0.2, 0) is 61.6 Å². The normalized spacial score (nSPS) is 54.5. The molecule has 0 radical (unpaired) electrons. The molecule has 0 amide bonds. The summed E-state index contributed by atoms with van der Waals surface area (Å²) in [7, 11) is 0. The van der Waals surface area contributed by atoms with E-state index in [2.05, 4.69) is 13.5 Å². The molecule has 0 aromatic rings. The Morgan fingerprint density at radius 3 is 1.28 bits per heavy atom. The first-order valence-corrected chi connectivity index (χ1v) is 30.4. The first-order valence-electron chi connectivity index (χ1n) is 30.4. The Kier molecular flexibility index (Phi) is 21.4. The maximum atomic E-state index is 14.8. The molecule has 0 aromatic heterocycles. The van der Waals surface area contributed by atoms with E-state index in [1.165, 1.54) is 0 Å². The highest BCUT2D eigenvalue weighted by molar-refractivity contribution is 5.77. The van der Waals surface area contributed by atoms with Crippen molar-refractivity contribution in [1.82, 2.24) is 0 Å². The van der Waals surface area contributed by atoms with Crippen LogP contribution in [0.2, 0.25) is 0 Å². The third kappa shape index (κ3) is 12.3. The number of carbonyl (C=O) groups excluding carboxylic acids is 1. The van der Waals surface area contributed by atoms with Gasteiger partial charge in [0.2, 0.25) is 6.29 Å². The Labute approximate surface area is 509 Å². The molecule has 20 N–H and O–H groups in total. The van der Waals surface area contributed by atoms with Crippen LogP contribution in [0.3, 0.4) is 0 Å². The molecule has 33 nitrogen and oxygen atoms in total. The van der Waals surface area contributed by atoms with E-state index in [0.29, 0.717) is 56.9 Å². The van der Waals surface area contributed by atoms with Crippen LogP contribution in [0.4, 0.5) is 0 Å². The highest BCUT2D eigenvalue weighted by Gasteiger charge is 2.70. The molecule has 512 valence electrons. The highest BCUT2D eigenvalue weighted by Crippen LogP contribution is 2.74. The molecule has 6 heterocycles. The smallest absolute Gasteiger partial charge is 0.314 e. The van der Waals surface area contributed by atoms with Gasteiger partial charge in [-0.25, -0.2) is 0 Å². The third-order valence-electron chi connectivity index (χ3n) is 21.3. The molecule has 6 saturated heterocycles. The fourth-order valence-electron chi connectivity index (χ4n) is 16.5. The maximum Gasteiger partial charge on any atom is 0.314 e. The lowest BCUT2D eigenvalue weighted by atomic mass is 9.41. The van der Waals surface area contributed by atoms with Crippen molar-refractivity contribution < 1.29 is 164 Å². The van der Waals surface area contributed by atoms with E-state index in [0.717, 1.165) is 0 Å². The number of aliphatic hydroxyl groups excluding tert-OH is 20. The van der Waals surface area contributed by atoms with Crippen LogP contribution in [0.25, 0.3) is 0 Å². The third-order valence-corrected chi connectivity index (χ3v) is 21.3. The lowest BCUT2D eigenvalue weighted by Gasteiger charge is -2.64. The molecule has 10 fully saturated rings. The SMILES string of the molecule is C=C1CC23CCC4C(C)(C(=O)OC5OC(CO)C(OC6OC(CO)C(O)C(O)C6O)C(O)C5O)CCCC4(C)C2CCC1(OC1OC(CO)C(O)C(OC2OC(CO)C(O)C(O)C2O)C1OC1OC(CO)C(OC2OC(CO)C(O)C(O)C2O)C(O)C1O)C3. The molecule has 36 atom stereocenters. The first kappa shape index (κ1) is 69.8. The van der Waals surface area contributed by atoms with Gasteiger partial charge >= 0.3 is 5.97 Å². The molecule has 4 saturated carbocycles. The van der Waals surface area contributed by atoms with E-state index < -0.39 is 252 Å². The van der Waals surface area contributed by atoms with Gasteiger partial charge in [0.15, 0.2) is 31.5 Å². The van der Waals surface area contributed by atoms with Gasteiger partial charge in [-0.1, -0.05) is 19.9 Å². The summed E-state index contributed by atoms with van der Waals surface area (Å²) in [6.45, 7) is 3.16. The Hall–Kier alpha value is -2.03. The standard InChI is InChI=1S/C56H90O33/c1-19-11-55-9-5-26-53(2,7-4-8-54(26,3)52(77)88-50-41(76)36(71)43(25(17-62)83-50)85-47-38(73)33(68)29(64)21(13-58)79-47)27(55)6-10-56(19,18-55)89-51-45(44(31(66)23(15-60)81-51)86-48-39(74)34(69)30(65)22(14-59)80-48)87-49-40(75)35(70)42(24(16-61)82-49)84-46-37(72)32(67)28(63)20(12-57)78-46/h20-51,57-76H,1,4-18H2,2-3H3. The molecule has 4 aliphatic carbocycles. The second-order valence-electron chi connectivity index (χ2n) is 26.4. The summed E-state index contributed by atoms with van der Waals surface area (Å²) in [5.74, 6) is -1.20. The van der Waals surface area contributed by atoms with Crippen LogP contribution in [0, 0.1) is 28.1 Å². The van der Waals surface area contributed by atoms with E-state index in [4.69, 9.17) is 56.8 Å². The van der Waals surface area contributed by atoms with Gasteiger partial charge in [-0.05, 0) is 86.5 Å². The molecule has 10 rings (SSSR count). The van der Waals surface area contributed by atoms with Gasteiger partial charge in [0.25, 0.3) is 0 Å². The van der Waals surface area contributed by atoms with Crippen LogP contribution in [-0.4, -0.2) is 338 Å². The van der Waals surface area contributed by atoms with Crippen LogP contribution >= 0.6 is 0 Å². The number of hydrogen-bond donors (Lipinski definition) is 20. The number of hydrogen-bond acceptors (Lipinski definition) is 33. The first-order chi connectivity index (χ1) is 42.1. The molecule has 1 spiro atoms. The predicted octanol–water partition coefficient (Wildman–Crippen LogP) is -9.47. The van der Waals surface area contributed by atoms with Gasteiger partial charge in [0.1, 0.15) is 146 Å². The molecule has 89 heavy (non-hydrogen) atoms. The van der Waals surface area contributed by atoms with E-state index >= 15 is 0 Å². The molecule has 0 aromatic carbocycles. The number of aliphatic hydroxyl groups is 20. The Bertz CT molecular complexity index is 2390. The van der Waals surface area contributed by atoms with E-state index in [1.54, 1.807) is 6.92 Å². The number of esters is 1. The van der Waals surface area contributed by atoms with E-state index in [-0.39, 0.29) is 18.3 Å². The second-order valence-corrected chi connectivity index (χ2v) is 26.4. The van der Waals surface area contributed by atoms with Crippen LogP contribution in [0.5, 0.6) is 0 Å². The summed E-state index contributed by atoms with van der Waals surface area (Å²) in [6, 6.07) is 0. The zero-order valence-corrected chi connectivity index (χ0v) is 49.0. The van der Waals surface area contributed by atoms with Gasteiger partial charge in [0, 0.05) is 0 Å². The van der Waals surface area contributed by atoms with Crippen LogP contribution in [0.15, 0.2) is 12.2 Å². The van der Waals surface area contributed by atoms with Crippen molar-refractivity contribution in [2.24, 2.45) is 28.1 Å². The van der Waals surface area contributed by atoms with Gasteiger partial charge in [0.05, 0.1) is 50.7 Å². The zero-order chi connectivity index (χ0) is 64.7. The molecule has 6 aliphatic heterocycles. The molecular weight excluding hydrogens is 1200 g/mol. The second kappa shape index (κ2) is 27.2. The number of rotatable bonds is 18. The number of fused-ring (bicyclic) bond motifs is 3. The molecular formula is C56H90O33. The minimum absolute atomic E-state index is 0.107. The average molecular weight is 1290 g/mol. The fraction of sp³-hybridized carbons (Fsp3) is 0.946. The summed E-state index contributed by atoms with van der Waals surface area (Å²) >= 11 is 0. The van der Waals surface area contributed by atoms with Crippen molar-refractivity contribution in [2.75, 3.05) is 39.6 Å². The minimum atomic E-state index is -2.17. The van der Waals surface area contributed by atoms with Crippen LogP contribution < -0.4 is 0 Å². The predicted molar refractivity (Wildman–Crippen MR) is 284 cm³/mol. The van der Waals surface area contributed by atoms with Gasteiger partial charge in [-0.15, -0.1) is 0 Å². The van der Waals surface area contributed by atoms with Crippen LogP contribution in [0.1, 0.15) is 71.6 Å². The van der Waals surface area contributed by atoms with E-state index in [1.807, 2.05) is 0 Å². The van der Waals surface area contributed by atoms with Crippen molar-refractivity contribution in [1.29, 1.82) is 0 Å². The Morgan fingerprint density at radius 1 is 0.427 bits per heavy atom. The number of carbonyl (C=O) groups is 1. The van der Waals surface area contributed by atoms with Crippen molar-refractivity contribution >= 4 is 5.97 Å². The lowest BCUT2D eigenvalue weighted by Crippen LogP contribution is -2.68. The van der Waals surface area contributed by atoms with E-state index in [9.17, 15) is 107 Å². The highest BCUT2D eigenvalue weighted by atomic mass is 16.8. The zero-order valence-electron chi connectivity index (χ0n) is 49.0. The topological polar surface area (TPSA) is 532 Å². The summed E-state index contributed by atoms with van der Waals surface area (Å²) in [6.07, 6.45) is -50.8. The summed E-state index contributed by atoms with van der Waals surface area (Å²) < 4.78 is 71.8. The summed E-state index contributed by atoms with van der Waals surface area (Å²) in [4.78, 5) is 14.8. The molecule has 36 unspecified atom stereocenters. The summed E-state index contributed by atoms with van der Waals surface area (Å²) in [5.41, 5.74) is -3.02. The molecule has 2 bridgehead atoms. The molecule has 10 aliphatic rings. The Balaban J connectivity index is 0.880. The fourth-order valence-corrected chi connectivity index (χ4v) is 16.5. The quantitative estimate of drug-likeness (QED) is 0.0344. The maximum absolute atomic E-state index is 14.8. The van der Waals surface area contributed by atoms with Crippen molar-refractivity contribution in [2.45, 2.75) is 261 Å². The lowest BCUT2D eigenvalue weighted by molar-refractivity contribution is -0.406. The monoisotopic (exact) mass is 1290 g/mol. The summed E-state index contributed by atoms with van der Waals surface area (Å²) in [5, 5.41) is 215. The minimum Gasteiger partial charge on any atom is -0.432 e.